The summed E-state index contributed by atoms with van der Waals surface area (Å²) in [5, 5.41) is 13.2. The number of halogens is 2. The summed E-state index contributed by atoms with van der Waals surface area (Å²) in [6, 6.07) is 17.2. The zero-order valence-corrected chi connectivity index (χ0v) is 24.1. The number of carbonyl (C=O) groups excluding carboxylic acids is 1. The van der Waals surface area contributed by atoms with Gasteiger partial charge in [0.05, 0.1) is 19.0 Å². The molecule has 0 aliphatic heterocycles. The Morgan fingerprint density at radius 1 is 1.05 bits per heavy atom. The van der Waals surface area contributed by atoms with Gasteiger partial charge in [-0.15, -0.1) is 0 Å². The fraction of sp³-hybridized carbons (Fsp3) is 0.323. The van der Waals surface area contributed by atoms with Crippen molar-refractivity contribution in [2.45, 2.75) is 32.2 Å². The van der Waals surface area contributed by atoms with Crippen molar-refractivity contribution in [1.29, 1.82) is 0 Å². The average molecular weight is 564 g/mol. The number of methoxy groups -OCH3 is 1. The van der Waals surface area contributed by atoms with E-state index < -0.39 is 12.5 Å². The van der Waals surface area contributed by atoms with E-state index in [0.29, 0.717) is 23.0 Å². The highest BCUT2D eigenvalue weighted by atomic mass is 19.3. The molecule has 0 unspecified atom stereocenters. The monoisotopic (exact) mass is 563 g/mol. The van der Waals surface area contributed by atoms with Crippen LogP contribution in [0.3, 0.4) is 0 Å². The van der Waals surface area contributed by atoms with Crippen molar-refractivity contribution in [3.05, 3.63) is 83.2 Å². The molecule has 10 heteroatoms. The molecule has 1 heterocycles. The van der Waals surface area contributed by atoms with Crippen LogP contribution in [0.4, 0.5) is 26.0 Å². The van der Waals surface area contributed by atoms with Crippen molar-refractivity contribution >= 4 is 34.0 Å². The van der Waals surface area contributed by atoms with Crippen LogP contribution >= 0.6 is 0 Å². The normalized spacial score (nSPS) is 12.2. The van der Waals surface area contributed by atoms with E-state index in [-0.39, 0.29) is 23.9 Å². The highest BCUT2D eigenvalue weighted by Gasteiger charge is 2.30. The summed E-state index contributed by atoms with van der Waals surface area (Å²) in [4.78, 5) is 25.2. The Hall–Kier alpha value is -4.31. The molecule has 0 saturated carbocycles. The summed E-state index contributed by atoms with van der Waals surface area (Å²) in [7, 11) is 6.95. The third-order valence-electron chi connectivity index (χ3n) is 7.03. The lowest BCUT2D eigenvalue weighted by atomic mass is 10.0. The highest BCUT2D eigenvalue weighted by molar-refractivity contribution is 5.92. The van der Waals surface area contributed by atoms with Crippen LogP contribution in [0.2, 0.25) is 0 Å². The molecule has 0 saturated heterocycles. The molecule has 0 radical (unpaired) electrons. The smallest absolute Gasteiger partial charge is 0.295 e. The van der Waals surface area contributed by atoms with Gasteiger partial charge >= 0.3 is 0 Å². The van der Waals surface area contributed by atoms with E-state index in [1.807, 2.05) is 55.3 Å². The minimum absolute atomic E-state index is 0.0308. The number of likely N-dealkylation sites (N-methyl/N-ethyl adjacent to an activating group) is 1. The van der Waals surface area contributed by atoms with E-state index in [0.717, 1.165) is 27.8 Å². The summed E-state index contributed by atoms with van der Waals surface area (Å²) >= 11 is 0. The fourth-order valence-electron chi connectivity index (χ4n) is 4.55. The second-order valence-corrected chi connectivity index (χ2v) is 10.2. The number of ether oxygens (including phenoxy) is 1. The number of amides is 1. The van der Waals surface area contributed by atoms with Crippen LogP contribution in [0.1, 0.15) is 35.5 Å². The molecule has 4 rings (SSSR count). The molecule has 41 heavy (non-hydrogen) atoms. The Morgan fingerprint density at radius 3 is 2.44 bits per heavy atom. The van der Waals surface area contributed by atoms with Crippen molar-refractivity contribution in [3.63, 3.8) is 0 Å². The second kappa shape index (κ2) is 12.1. The third-order valence-corrected chi connectivity index (χ3v) is 7.03. The number of hydrogen-bond acceptors (Lipinski definition) is 7. The van der Waals surface area contributed by atoms with Gasteiger partial charge in [0.15, 0.2) is 0 Å². The van der Waals surface area contributed by atoms with E-state index in [1.54, 1.807) is 45.2 Å². The van der Waals surface area contributed by atoms with E-state index in [4.69, 9.17) is 9.84 Å². The Balaban J connectivity index is 1.68. The number of alkyl halides is 2. The van der Waals surface area contributed by atoms with Crippen molar-refractivity contribution in [3.8, 4) is 5.75 Å². The molecule has 0 fully saturated rings. The largest absolute Gasteiger partial charge is 0.496 e. The number of anilines is 3. The minimum atomic E-state index is -3.32. The average Bonchev–Trinajstić information content (AvgIpc) is 2.96. The zero-order valence-electron chi connectivity index (χ0n) is 24.1. The first kappa shape index (κ1) is 29.7. The lowest BCUT2D eigenvalue weighted by Gasteiger charge is -2.23. The van der Waals surface area contributed by atoms with Crippen molar-refractivity contribution in [2.75, 3.05) is 45.1 Å². The van der Waals surface area contributed by atoms with Crippen LogP contribution in [0, 0.1) is 6.92 Å². The molecule has 0 spiro atoms. The van der Waals surface area contributed by atoms with Gasteiger partial charge in [0.25, 0.3) is 5.92 Å². The quantitative estimate of drug-likeness (QED) is 0.260. The standard InChI is InChI=1S/C31H35F2N5O3/c1-19(21-8-7-9-23(14-21)31(32,33)18-39)34-30-26-17-25(10-12-27(26)35-20(2)36-30)38(5)24-11-13-28(41-6)22(15-24)16-29(40)37(3)4/h7-15,17,19,39H,16,18H2,1-6H3,(H,34,35,36)/t19-/m1/s1. The van der Waals surface area contributed by atoms with Gasteiger partial charge in [-0.1, -0.05) is 18.2 Å². The number of hydrogen-bond donors (Lipinski definition) is 2. The molecule has 0 bridgehead atoms. The summed E-state index contributed by atoms with van der Waals surface area (Å²) in [6.45, 7) is 2.40. The van der Waals surface area contributed by atoms with Crippen LogP contribution < -0.4 is 15.0 Å². The predicted molar refractivity (Wildman–Crippen MR) is 157 cm³/mol. The number of rotatable bonds is 10. The lowest BCUT2D eigenvalue weighted by molar-refractivity contribution is -0.127. The van der Waals surface area contributed by atoms with E-state index >= 15 is 0 Å². The minimum Gasteiger partial charge on any atom is -0.496 e. The fourth-order valence-corrected chi connectivity index (χ4v) is 4.55. The Bertz CT molecular complexity index is 1560. The number of benzene rings is 3. The maximum atomic E-state index is 14.1. The third kappa shape index (κ3) is 6.54. The van der Waals surface area contributed by atoms with Crippen molar-refractivity contribution in [1.82, 2.24) is 14.9 Å². The van der Waals surface area contributed by atoms with Gasteiger partial charge in [0.1, 0.15) is 24.0 Å². The number of aliphatic hydroxyl groups is 1. The van der Waals surface area contributed by atoms with E-state index in [1.165, 1.54) is 12.1 Å². The van der Waals surface area contributed by atoms with E-state index in [9.17, 15) is 13.6 Å². The van der Waals surface area contributed by atoms with Gasteiger partial charge in [0.2, 0.25) is 5.91 Å². The summed E-state index contributed by atoms with van der Waals surface area (Å²) in [5.41, 5.74) is 3.62. The maximum absolute atomic E-state index is 14.1. The number of aliphatic hydroxyl groups excluding tert-OH is 1. The predicted octanol–water partition coefficient (Wildman–Crippen LogP) is 5.60. The molecular weight excluding hydrogens is 528 g/mol. The molecule has 3 aromatic carbocycles. The molecule has 4 aromatic rings. The Kier molecular flexibility index (Phi) is 8.72. The van der Waals surface area contributed by atoms with Gasteiger partial charge < -0.3 is 25.0 Å². The molecule has 1 aromatic heterocycles. The van der Waals surface area contributed by atoms with E-state index in [2.05, 4.69) is 15.3 Å². The zero-order chi connectivity index (χ0) is 29.9. The first-order chi connectivity index (χ1) is 19.4. The SMILES string of the molecule is COc1ccc(N(C)c2ccc3nc(C)nc(N[C@H](C)c4cccc(C(F)(F)CO)c4)c3c2)cc1CC(=O)N(C)C. The second-order valence-electron chi connectivity index (χ2n) is 10.2. The van der Waals surface area contributed by atoms with Gasteiger partial charge in [-0.05, 0) is 61.9 Å². The van der Waals surface area contributed by atoms with Crippen molar-refractivity contribution < 1.29 is 23.4 Å². The van der Waals surface area contributed by atoms with Crippen LogP contribution in [-0.2, 0) is 17.1 Å². The van der Waals surface area contributed by atoms with Gasteiger partial charge in [0, 0.05) is 55.1 Å². The molecule has 216 valence electrons. The molecule has 2 N–H and O–H groups in total. The van der Waals surface area contributed by atoms with Gasteiger partial charge in [-0.2, -0.15) is 8.78 Å². The lowest BCUT2D eigenvalue weighted by Crippen LogP contribution is -2.23. The molecule has 8 nitrogen and oxygen atoms in total. The maximum Gasteiger partial charge on any atom is 0.295 e. The molecule has 1 amide bonds. The Labute approximate surface area is 238 Å². The van der Waals surface area contributed by atoms with Crippen LogP contribution in [-0.4, -0.2) is 60.7 Å². The number of aromatic nitrogens is 2. The van der Waals surface area contributed by atoms with Crippen LogP contribution in [0.15, 0.2) is 60.7 Å². The van der Waals surface area contributed by atoms with Crippen LogP contribution in [0.5, 0.6) is 5.75 Å². The molecule has 0 aliphatic rings. The summed E-state index contributed by atoms with van der Waals surface area (Å²) in [6.07, 6.45) is 0.208. The summed E-state index contributed by atoms with van der Waals surface area (Å²) in [5.74, 6) is -1.58. The number of nitrogens with zero attached hydrogens (tertiary/aromatic N) is 4. The number of aryl methyl sites for hydroxylation is 1. The topological polar surface area (TPSA) is 90.8 Å². The number of nitrogens with one attached hydrogen (secondary N) is 1. The number of fused-ring (bicyclic) bond motifs is 1. The highest BCUT2D eigenvalue weighted by Crippen LogP contribution is 2.34. The summed E-state index contributed by atoms with van der Waals surface area (Å²) < 4.78 is 33.7. The Morgan fingerprint density at radius 2 is 1.76 bits per heavy atom. The molecule has 0 aliphatic carbocycles. The first-order valence-corrected chi connectivity index (χ1v) is 13.2. The van der Waals surface area contributed by atoms with Gasteiger partial charge in [-0.25, -0.2) is 9.97 Å². The first-order valence-electron chi connectivity index (χ1n) is 13.2. The molecule has 1 atom stereocenters. The van der Waals surface area contributed by atoms with Gasteiger partial charge in [-0.3, -0.25) is 4.79 Å². The molecular formula is C31H35F2N5O3. The van der Waals surface area contributed by atoms with Crippen molar-refractivity contribution in [2.24, 2.45) is 0 Å². The van der Waals surface area contributed by atoms with Crippen LogP contribution in [0.25, 0.3) is 10.9 Å². The number of carbonyl (C=O) groups is 1.